The zero-order chi connectivity index (χ0) is 18.9. The van der Waals surface area contributed by atoms with Crippen LogP contribution in [0.25, 0.3) is 0 Å². The Morgan fingerprint density at radius 1 is 1.08 bits per heavy atom. The van der Waals surface area contributed by atoms with Crippen molar-refractivity contribution in [3.05, 3.63) is 59.4 Å². The van der Waals surface area contributed by atoms with E-state index in [1.165, 1.54) is 19.4 Å². The average molecular weight is 372 g/mol. The molecule has 2 rings (SSSR count). The minimum absolute atomic E-state index is 0.0205. The lowest BCUT2D eigenvalue weighted by molar-refractivity contribution is -0.117. The van der Waals surface area contributed by atoms with E-state index in [9.17, 15) is 9.59 Å². The molecular weight excluding hydrogens is 346 g/mol. The number of rotatable bonds is 9. The molecule has 0 amide bonds. The van der Waals surface area contributed by atoms with Crippen molar-refractivity contribution >= 4 is 22.7 Å². The fourth-order valence-corrected chi connectivity index (χ4v) is 3.33. The number of carbonyl (C=O) groups excluding carboxylic acids is 2. The molecule has 1 aromatic heterocycles. The van der Waals surface area contributed by atoms with E-state index in [2.05, 4.69) is 18.0 Å². The maximum Gasteiger partial charge on any atom is 0.186 e. The molecule has 0 radical (unpaired) electrons. The lowest BCUT2D eigenvalue weighted by Crippen LogP contribution is -2.18. The van der Waals surface area contributed by atoms with Crippen LogP contribution in [-0.2, 0) is 28.9 Å². The third kappa shape index (κ3) is 6.64. The van der Waals surface area contributed by atoms with Gasteiger partial charge in [0.15, 0.2) is 5.12 Å². The van der Waals surface area contributed by atoms with Crippen molar-refractivity contribution in [2.45, 2.75) is 45.3 Å². The van der Waals surface area contributed by atoms with Crippen LogP contribution in [0.1, 0.15) is 37.6 Å². The summed E-state index contributed by atoms with van der Waals surface area (Å²) in [6, 6.07) is 11.8. The van der Waals surface area contributed by atoms with Crippen LogP contribution in [0.4, 0.5) is 0 Å². The molecule has 1 unspecified atom stereocenters. The van der Waals surface area contributed by atoms with Crippen LogP contribution >= 0.6 is 11.8 Å². The number of hydrogen-bond acceptors (Lipinski definition) is 5. The molecule has 0 aliphatic rings. The highest BCUT2D eigenvalue weighted by atomic mass is 32.2. The monoisotopic (exact) mass is 371 g/mol. The second-order valence-electron chi connectivity index (χ2n) is 6.17. The van der Waals surface area contributed by atoms with Gasteiger partial charge in [0.2, 0.25) is 0 Å². The van der Waals surface area contributed by atoms with Gasteiger partial charge in [0.05, 0.1) is 11.9 Å². The number of pyridine rings is 1. The number of nitrogens with zero attached hydrogens (tertiary/aromatic N) is 1. The zero-order valence-corrected chi connectivity index (χ0v) is 16.3. The molecule has 0 spiro atoms. The summed E-state index contributed by atoms with van der Waals surface area (Å²) in [7, 11) is 0. The molecule has 0 aliphatic heterocycles. The van der Waals surface area contributed by atoms with E-state index in [0.717, 1.165) is 41.6 Å². The molecule has 138 valence electrons. The van der Waals surface area contributed by atoms with Gasteiger partial charge in [-0.25, -0.2) is 0 Å². The van der Waals surface area contributed by atoms with Crippen LogP contribution in [0.3, 0.4) is 0 Å². The third-order valence-corrected chi connectivity index (χ3v) is 5.14. The first-order chi connectivity index (χ1) is 12.5. The molecule has 0 N–H and O–H groups in total. The molecule has 0 saturated heterocycles. The Morgan fingerprint density at radius 2 is 1.77 bits per heavy atom. The molecule has 1 atom stereocenters. The predicted octanol–water partition coefficient (Wildman–Crippen LogP) is 4.05. The number of aryl methyl sites for hydroxylation is 1. The van der Waals surface area contributed by atoms with Crippen LogP contribution in [0.2, 0.25) is 0 Å². The first kappa shape index (κ1) is 20.2. The van der Waals surface area contributed by atoms with Gasteiger partial charge in [-0.1, -0.05) is 36.9 Å². The first-order valence-corrected chi connectivity index (χ1v) is 9.69. The van der Waals surface area contributed by atoms with Crippen LogP contribution in [-0.4, -0.2) is 27.7 Å². The second-order valence-corrected chi connectivity index (χ2v) is 7.55. The van der Waals surface area contributed by atoms with Crippen LogP contribution < -0.4 is 4.74 Å². The summed E-state index contributed by atoms with van der Waals surface area (Å²) in [6.07, 6.45) is 4.21. The van der Waals surface area contributed by atoms with E-state index in [1.807, 2.05) is 36.5 Å². The molecule has 26 heavy (non-hydrogen) atoms. The highest BCUT2D eigenvalue weighted by Crippen LogP contribution is 2.20. The van der Waals surface area contributed by atoms with Crippen molar-refractivity contribution in [2.75, 3.05) is 6.61 Å². The van der Waals surface area contributed by atoms with Crippen LogP contribution in [0.15, 0.2) is 42.6 Å². The Morgan fingerprint density at radius 3 is 2.31 bits per heavy atom. The maximum atomic E-state index is 11.7. The Hall–Kier alpha value is -2.14. The largest absolute Gasteiger partial charge is 0.493 e. The molecule has 2 aromatic rings. The van der Waals surface area contributed by atoms with Crippen LogP contribution in [0.5, 0.6) is 5.75 Å². The van der Waals surface area contributed by atoms with Gasteiger partial charge < -0.3 is 4.74 Å². The second kappa shape index (κ2) is 10.1. The summed E-state index contributed by atoms with van der Waals surface area (Å²) >= 11 is 1.09. The number of ketones is 1. The molecule has 1 aromatic carbocycles. The van der Waals surface area contributed by atoms with Crippen molar-refractivity contribution in [2.24, 2.45) is 0 Å². The fraction of sp³-hybridized carbons (Fsp3) is 0.381. The standard InChI is InChI=1S/C21H25NO3S/c1-4-17-5-8-19(22-14-17)11-12-25-20-9-6-18(7-10-20)13-21(15(2)23)26-16(3)24/h5-10,14,21H,4,11-13H2,1-3H3. The highest BCUT2D eigenvalue weighted by molar-refractivity contribution is 8.14. The van der Waals surface area contributed by atoms with E-state index in [-0.39, 0.29) is 16.1 Å². The van der Waals surface area contributed by atoms with Gasteiger partial charge in [-0.15, -0.1) is 0 Å². The van der Waals surface area contributed by atoms with Crippen molar-refractivity contribution in [3.63, 3.8) is 0 Å². The van der Waals surface area contributed by atoms with Crippen molar-refractivity contribution in [1.29, 1.82) is 0 Å². The van der Waals surface area contributed by atoms with Gasteiger partial charge in [-0.3, -0.25) is 14.6 Å². The van der Waals surface area contributed by atoms with Crippen molar-refractivity contribution in [1.82, 2.24) is 4.98 Å². The Balaban J connectivity index is 1.84. The Kier molecular flexibility index (Phi) is 7.85. The topological polar surface area (TPSA) is 56.3 Å². The summed E-state index contributed by atoms with van der Waals surface area (Å²) in [5.41, 5.74) is 3.27. The van der Waals surface area contributed by atoms with Crippen molar-refractivity contribution in [3.8, 4) is 5.75 Å². The SMILES string of the molecule is CCc1ccc(CCOc2ccc(CC(SC(C)=O)C(C)=O)cc2)nc1. The van der Waals surface area contributed by atoms with Gasteiger partial charge in [0.1, 0.15) is 11.5 Å². The van der Waals surface area contributed by atoms with E-state index in [0.29, 0.717) is 13.0 Å². The quantitative estimate of drug-likeness (QED) is 0.666. The van der Waals surface area contributed by atoms with Crippen LogP contribution in [0, 0.1) is 0 Å². The van der Waals surface area contributed by atoms with Gasteiger partial charge in [0.25, 0.3) is 0 Å². The number of aromatic nitrogens is 1. The fourth-order valence-electron chi connectivity index (χ4n) is 2.49. The summed E-state index contributed by atoms with van der Waals surface area (Å²) < 4.78 is 5.77. The minimum atomic E-state index is -0.323. The van der Waals surface area contributed by atoms with E-state index in [4.69, 9.17) is 4.74 Å². The average Bonchev–Trinajstić information content (AvgIpc) is 2.62. The Bertz CT molecular complexity index is 726. The third-order valence-electron chi connectivity index (χ3n) is 4.03. The number of hydrogen-bond donors (Lipinski definition) is 0. The van der Waals surface area contributed by atoms with Crippen molar-refractivity contribution < 1.29 is 14.3 Å². The number of Topliss-reactive ketones (excluding diaryl/α,β-unsaturated/α-hetero) is 1. The molecule has 0 saturated carbocycles. The minimum Gasteiger partial charge on any atom is -0.493 e. The van der Waals surface area contributed by atoms with Gasteiger partial charge in [0, 0.05) is 25.2 Å². The smallest absolute Gasteiger partial charge is 0.186 e. The lowest BCUT2D eigenvalue weighted by Gasteiger charge is -2.12. The first-order valence-electron chi connectivity index (χ1n) is 8.81. The van der Waals surface area contributed by atoms with Gasteiger partial charge in [-0.05, 0) is 49.1 Å². The van der Waals surface area contributed by atoms with E-state index < -0.39 is 0 Å². The summed E-state index contributed by atoms with van der Waals surface area (Å²) in [5, 5.41) is -0.359. The Labute approximate surface area is 159 Å². The number of thioether (sulfide) groups is 1. The number of carbonyl (C=O) groups is 2. The molecule has 0 fully saturated rings. The van der Waals surface area contributed by atoms with E-state index >= 15 is 0 Å². The molecule has 4 nitrogen and oxygen atoms in total. The molecule has 0 aliphatic carbocycles. The zero-order valence-electron chi connectivity index (χ0n) is 15.5. The van der Waals surface area contributed by atoms with Gasteiger partial charge >= 0.3 is 0 Å². The maximum absolute atomic E-state index is 11.7. The molecular formula is C21H25NO3S. The predicted molar refractivity (Wildman–Crippen MR) is 106 cm³/mol. The highest BCUT2D eigenvalue weighted by Gasteiger charge is 2.17. The number of benzene rings is 1. The van der Waals surface area contributed by atoms with Gasteiger partial charge in [-0.2, -0.15) is 0 Å². The summed E-state index contributed by atoms with van der Waals surface area (Å²) in [5.74, 6) is 0.810. The number of ether oxygens (including phenoxy) is 1. The molecule has 0 bridgehead atoms. The molecule has 5 heteroatoms. The lowest BCUT2D eigenvalue weighted by atomic mass is 10.1. The van der Waals surface area contributed by atoms with E-state index in [1.54, 1.807) is 0 Å². The molecule has 1 heterocycles. The summed E-state index contributed by atoms with van der Waals surface area (Å²) in [4.78, 5) is 27.3. The normalized spacial score (nSPS) is 11.8. The summed E-state index contributed by atoms with van der Waals surface area (Å²) in [6.45, 7) is 5.69.